The number of carbonyl (C=O) groups excluding carboxylic acids is 6. The molecule has 14 heteroatoms. The number of esters is 1. The van der Waals surface area contributed by atoms with Crippen molar-refractivity contribution in [3.8, 4) is 0 Å². The summed E-state index contributed by atoms with van der Waals surface area (Å²) in [5, 5.41) is 7.50. The predicted octanol–water partition coefficient (Wildman–Crippen LogP) is 4.90. The van der Waals surface area contributed by atoms with Gasteiger partial charge >= 0.3 is 5.97 Å². The highest BCUT2D eigenvalue weighted by Crippen LogP contribution is 2.67. The highest BCUT2D eigenvalue weighted by atomic mass is 32.2. The van der Waals surface area contributed by atoms with Gasteiger partial charge in [-0.05, 0) is 98.3 Å². The predicted molar refractivity (Wildman–Crippen MR) is 229 cm³/mol. The molecule has 0 aromatic rings. The molecule has 10 atom stereocenters. The molecule has 0 aromatic heterocycles. The zero-order chi connectivity index (χ0) is 42.9. The van der Waals surface area contributed by atoms with Gasteiger partial charge in [0.05, 0.1) is 24.5 Å². The Kier molecular flexibility index (Phi) is 16.9. The number of hydrogen-bond acceptors (Lipinski definition) is 10. The maximum absolute atomic E-state index is 12.8. The molecule has 1 saturated heterocycles. The van der Waals surface area contributed by atoms with Crippen LogP contribution in [0, 0.1) is 46.3 Å². The fourth-order valence-electron chi connectivity index (χ4n) is 11.6. The Labute approximate surface area is 356 Å². The highest BCUT2D eigenvalue weighted by molar-refractivity contribution is 8.00. The third-order valence-corrected chi connectivity index (χ3v) is 16.2. The number of nitrogens with one attached hydrogen (secondary N) is 3. The van der Waals surface area contributed by atoms with Gasteiger partial charge in [0.25, 0.3) is 0 Å². The first kappa shape index (κ1) is 47.1. The Balaban J connectivity index is 0.935. The minimum atomic E-state index is -0.611. The lowest BCUT2D eigenvalue weighted by Crippen LogP contribution is -2.51. The number of primary amides is 1. The first-order chi connectivity index (χ1) is 28.1. The standard InChI is InChI=1S/C45H73N5O8S/c1-28(2)8-7-9-29(3)33-12-13-34-32-11-10-30-24-31(14-18-44(30,4)35(32)15-19-45(33,34)5)58-41(54)26-49-39(52)17-22-57-23-20-48-38(51)16-21-50-40(53)25-37(43(50)56)59-27-36(47-6)42(46)55/h10,28-29,31-37,47H,7-9,11-27H2,1-6H3,(H2,46,55)(H,48,51)(H,49,52)/t29-,31-,32?,33?,34?,35?,36-,37?,44-,45+/m0/s1. The number of allylic oxidation sites excluding steroid dienone is 1. The molecular formula is C45H73N5O8S. The van der Waals surface area contributed by atoms with Crippen LogP contribution in [0.1, 0.15) is 125 Å². The molecule has 4 fully saturated rings. The van der Waals surface area contributed by atoms with Crippen molar-refractivity contribution in [2.45, 2.75) is 142 Å². The van der Waals surface area contributed by atoms with Gasteiger partial charge in [0.15, 0.2) is 0 Å². The molecule has 332 valence electrons. The van der Waals surface area contributed by atoms with Crippen molar-refractivity contribution >= 4 is 47.3 Å². The summed E-state index contributed by atoms with van der Waals surface area (Å²) >= 11 is 1.19. The number of hydrogen-bond donors (Lipinski definition) is 4. The number of rotatable bonds is 22. The summed E-state index contributed by atoms with van der Waals surface area (Å²) in [6, 6.07) is -0.609. The molecule has 0 radical (unpaired) electrons. The van der Waals surface area contributed by atoms with Crippen molar-refractivity contribution in [2.24, 2.45) is 52.1 Å². The van der Waals surface area contributed by atoms with Crippen LogP contribution in [0.4, 0.5) is 0 Å². The maximum atomic E-state index is 12.8. The van der Waals surface area contributed by atoms with Crippen LogP contribution in [0.2, 0.25) is 0 Å². The minimum Gasteiger partial charge on any atom is -0.461 e. The van der Waals surface area contributed by atoms with E-state index in [4.69, 9.17) is 15.2 Å². The number of fused-ring (bicyclic) bond motifs is 5. The average molecular weight is 844 g/mol. The van der Waals surface area contributed by atoms with Crippen LogP contribution in [-0.2, 0) is 38.2 Å². The van der Waals surface area contributed by atoms with Crippen LogP contribution in [0.3, 0.4) is 0 Å². The van der Waals surface area contributed by atoms with Gasteiger partial charge in [-0.2, -0.15) is 0 Å². The molecule has 0 spiro atoms. The Morgan fingerprint density at radius 2 is 1.71 bits per heavy atom. The minimum absolute atomic E-state index is 0.0149. The number of likely N-dealkylation sites (tertiary alicyclic amines) is 1. The van der Waals surface area contributed by atoms with Crippen molar-refractivity contribution in [2.75, 3.05) is 45.6 Å². The van der Waals surface area contributed by atoms with E-state index < -0.39 is 23.2 Å². The lowest BCUT2D eigenvalue weighted by molar-refractivity contribution is -0.151. The molecule has 0 bridgehead atoms. The lowest BCUT2D eigenvalue weighted by Gasteiger charge is -2.58. The van der Waals surface area contributed by atoms with E-state index in [1.807, 2.05) is 0 Å². The quantitative estimate of drug-likeness (QED) is 0.0506. The second-order valence-corrected chi connectivity index (χ2v) is 20.3. The Morgan fingerprint density at radius 1 is 0.949 bits per heavy atom. The van der Waals surface area contributed by atoms with E-state index in [2.05, 4.69) is 56.6 Å². The van der Waals surface area contributed by atoms with Crippen LogP contribution in [0.15, 0.2) is 11.6 Å². The monoisotopic (exact) mass is 844 g/mol. The molecule has 0 aromatic carbocycles. The van der Waals surface area contributed by atoms with E-state index in [1.54, 1.807) is 7.05 Å². The maximum Gasteiger partial charge on any atom is 0.325 e. The van der Waals surface area contributed by atoms with Gasteiger partial charge < -0.3 is 31.2 Å². The fourth-order valence-corrected chi connectivity index (χ4v) is 12.9. The summed E-state index contributed by atoms with van der Waals surface area (Å²) in [6.07, 6.45) is 15.7. The summed E-state index contributed by atoms with van der Waals surface area (Å²) in [5.74, 6) is 2.63. The second kappa shape index (κ2) is 21.2. The zero-order valence-electron chi connectivity index (χ0n) is 36.6. The van der Waals surface area contributed by atoms with Gasteiger partial charge in [-0.15, -0.1) is 11.8 Å². The van der Waals surface area contributed by atoms with Gasteiger partial charge in [-0.3, -0.25) is 33.7 Å². The van der Waals surface area contributed by atoms with E-state index in [0.717, 1.165) is 60.2 Å². The van der Waals surface area contributed by atoms with E-state index in [1.165, 1.54) is 62.3 Å². The summed E-state index contributed by atoms with van der Waals surface area (Å²) in [4.78, 5) is 75.1. The smallest absolute Gasteiger partial charge is 0.325 e. The average Bonchev–Trinajstić information content (AvgIpc) is 3.68. The second-order valence-electron chi connectivity index (χ2n) is 19.0. The summed E-state index contributed by atoms with van der Waals surface area (Å²) < 4.78 is 11.4. The van der Waals surface area contributed by atoms with Crippen LogP contribution in [0.5, 0.6) is 0 Å². The summed E-state index contributed by atoms with van der Waals surface area (Å²) in [5.41, 5.74) is 7.43. The van der Waals surface area contributed by atoms with Gasteiger partial charge in [0.2, 0.25) is 29.5 Å². The number of amides is 5. The van der Waals surface area contributed by atoms with Crippen molar-refractivity contribution in [1.82, 2.24) is 20.9 Å². The molecule has 59 heavy (non-hydrogen) atoms. The Hall–Kier alpha value is -2.97. The lowest BCUT2D eigenvalue weighted by atomic mass is 9.47. The molecule has 5 N–H and O–H groups in total. The molecule has 5 aliphatic rings. The summed E-state index contributed by atoms with van der Waals surface area (Å²) in [7, 11) is 1.60. The number of carbonyl (C=O) groups is 6. The first-order valence-electron chi connectivity index (χ1n) is 22.5. The number of imide groups is 1. The molecule has 3 saturated carbocycles. The number of thioether (sulfide) groups is 1. The number of ether oxygens (including phenoxy) is 2. The van der Waals surface area contributed by atoms with E-state index in [-0.39, 0.29) is 93.0 Å². The third kappa shape index (κ3) is 11.7. The molecule has 13 nitrogen and oxygen atoms in total. The molecular weight excluding hydrogens is 771 g/mol. The topological polar surface area (TPSA) is 186 Å². The largest absolute Gasteiger partial charge is 0.461 e. The van der Waals surface area contributed by atoms with Crippen LogP contribution >= 0.6 is 11.8 Å². The molecule has 5 rings (SSSR count). The molecule has 4 aliphatic carbocycles. The molecule has 1 aliphatic heterocycles. The number of likely N-dealkylation sites (N-methyl/N-ethyl adjacent to an activating group) is 1. The zero-order valence-corrected chi connectivity index (χ0v) is 37.4. The van der Waals surface area contributed by atoms with Gasteiger partial charge in [0.1, 0.15) is 12.6 Å². The SMILES string of the molecule is CN[C@@H](CSC1CC(=O)N(CCC(=O)NCCOCCC(=O)NCC(=O)O[C@H]2CC[C@@]3(C)C(=CCC4C5CCC([C@@H](C)CCCC(C)C)[C@@]5(C)CCC43)C2)C1=O)C(N)=O. The van der Waals surface area contributed by atoms with Crippen molar-refractivity contribution in [3.63, 3.8) is 0 Å². The number of nitrogens with two attached hydrogens (primary N) is 1. The Bertz CT molecular complexity index is 1560. The fraction of sp³-hybridized carbons (Fsp3) is 0.822. The molecule has 5 amide bonds. The van der Waals surface area contributed by atoms with E-state index in [0.29, 0.717) is 11.3 Å². The van der Waals surface area contributed by atoms with Crippen molar-refractivity contribution in [3.05, 3.63) is 11.6 Å². The van der Waals surface area contributed by atoms with E-state index >= 15 is 0 Å². The Morgan fingerprint density at radius 3 is 2.44 bits per heavy atom. The molecule has 5 unspecified atom stereocenters. The van der Waals surface area contributed by atoms with Gasteiger partial charge in [-0.1, -0.05) is 65.5 Å². The summed E-state index contributed by atoms with van der Waals surface area (Å²) in [6.45, 7) is 12.6. The van der Waals surface area contributed by atoms with Crippen LogP contribution in [-0.4, -0.2) is 103 Å². The van der Waals surface area contributed by atoms with Crippen molar-refractivity contribution < 1.29 is 38.2 Å². The van der Waals surface area contributed by atoms with Gasteiger partial charge in [-0.25, -0.2) is 0 Å². The highest BCUT2D eigenvalue weighted by Gasteiger charge is 2.59. The normalized spacial score (nSPS) is 31.2. The van der Waals surface area contributed by atoms with Crippen molar-refractivity contribution in [1.29, 1.82) is 0 Å². The van der Waals surface area contributed by atoms with Gasteiger partial charge in [0, 0.05) is 44.5 Å². The number of nitrogens with zero attached hydrogens (tertiary/aromatic N) is 1. The first-order valence-corrected chi connectivity index (χ1v) is 23.5. The third-order valence-electron chi connectivity index (χ3n) is 15.0. The molecule has 1 heterocycles. The van der Waals surface area contributed by atoms with Crippen LogP contribution < -0.4 is 21.7 Å². The van der Waals surface area contributed by atoms with E-state index in [9.17, 15) is 28.8 Å². The van der Waals surface area contributed by atoms with Crippen LogP contribution in [0.25, 0.3) is 0 Å².